The summed E-state index contributed by atoms with van der Waals surface area (Å²) in [5, 5.41) is 0. The van der Waals surface area contributed by atoms with E-state index in [1.807, 2.05) is 20.8 Å². The van der Waals surface area contributed by atoms with E-state index in [1.165, 1.54) is 0 Å². The molecule has 136 valence electrons. The molecule has 5 nitrogen and oxygen atoms in total. The lowest BCUT2D eigenvalue weighted by Gasteiger charge is -2.20. The van der Waals surface area contributed by atoms with E-state index in [0.29, 0.717) is 17.9 Å². The monoisotopic (exact) mass is 338 g/mol. The van der Waals surface area contributed by atoms with E-state index in [1.54, 1.807) is 45.0 Å². The number of unbranched alkanes of at least 4 members (excludes halogenated alkanes) is 1. The summed E-state index contributed by atoms with van der Waals surface area (Å²) in [6, 6.07) is 6.67. The number of ether oxygens (including phenoxy) is 3. The van der Waals surface area contributed by atoms with Crippen molar-refractivity contribution >= 4 is 11.9 Å². The first kappa shape index (κ1) is 22.0. The van der Waals surface area contributed by atoms with Gasteiger partial charge in [0.15, 0.2) is 6.61 Å². The van der Waals surface area contributed by atoms with Crippen LogP contribution in [-0.4, -0.2) is 30.8 Å². The molecule has 24 heavy (non-hydrogen) atoms. The van der Waals surface area contributed by atoms with Crippen LogP contribution in [0.1, 0.15) is 64.7 Å². The lowest BCUT2D eigenvalue weighted by atomic mass is 10.1. The summed E-state index contributed by atoms with van der Waals surface area (Å²) in [5.41, 5.74) is -0.303. The van der Waals surface area contributed by atoms with Crippen molar-refractivity contribution in [1.82, 2.24) is 0 Å². The summed E-state index contributed by atoms with van der Waals surface area (Å²) >= 11 is 0. The molecule has 1 aromatic carbocycles. The second kappa shape index (κ2) is 11.5. The van der Waals surface area contributed by atoms with E-state index in [4.69, 9.17) is 14.2 Å². The highest BCUT2D eigenvalue weighted by Gasteiger charge is 2.21. The molecule has 0 amide bonds. The van der Waals surface area contributed by atoms with Crippen molar-refractivity contribution in [2.45, 2.75) is 60.0 Å². The Labute approximate surface area is 145 Å². The third kappa shape index (κ3) is 9.18. The molecule has 0 N–H and O–H groups in total. The molecule has 0 aromatic heterocycles. The van der Waals surface area contributed by atoms with E-state index < -0.39 is 17.5 Å². The Bertz CT molecular complexity index is 503. The SMILES string of the molecule is CC.CCCCOC(=O)COc1ccccc1C(=O)OC(C)(C)C. The molecule has 0 aliphatic rings. The van der Waals surface area contributed by atoms with Crippen LogP contribution in [0.2, 0.25) is 0 Å². The summed E-state index contributed by atoms with van der Waals surface area (Å²) in [6.07, 6.45) is 1.77. The standard InChI is InChI=1S/C17H24O5.C2H6/c1-5-6-11-20-15(18)12-21-14-10-8-7-9-13(14)16(19)22-17(2,3)4;1-2/h7-10H,5-6,11-12H2,1-4H3;1-2H3. The fraction of sp³-hybridized carbons (Fsp3) is 0.579. The zero-order valence-electron chi connectivity index (χ0n) is 15.7. The van der Waals surface area contributed by atoms with Crippen molar-refractivity contribution < 1.29 is 23.8 Å². The number of para-hydroxylation sites is 1. The summed E-state index contributed by atoms with van der Waals surface area (Å²) in [5.74, 6) is -0.626. The molecule has 0 unspecified atom stereocenters. The third-order valence-electron chi connectivity index (χ3n) is 2.61. The van der Waals surface area contributed by atoms with Crippen LogP contribution in [0, 0.1) is 0 Å². The van der Waals surface area contributed by atoms with Crippen LogP contribution in [0.3, 0.4) is 0 Å². The maximum atomic E-state index is 12.1. The first-order chi connectivity index (χ1) is 11.3. The molecule has 0 saturated heterocycles. The molecule has 0 aliphatic heterocycles. The third-order valence-corrected chi connectivity index (χ3v) is 2.61. The molecule has 0 atom stereocenters. The molecular weight excluding hydrogens is 308 g/mol. The van der Waals surface area contributed by atoms with E-state index in [2.05, 4.69) is 0 Å². The normalized spacial score (nSPS) is 10.2. The Morgan fingerprint density at radius 3 is 2.29 bits per heavy atom. The first-order valence-electron chi connectivity index (χ1n) is 8.44. The predicted octanol–water partition coefficient (Wildman–Crippen LogP) is 4.39. The second-order valence-electron chi connectivity index (χ2n) is 5.86. The number of hydrogen-bond acceptors (Lipinski definition) is 5. The van der Waals surface area contributed by atoms with Crippen LogP contribution in [0.5, 0.6) is 5.75 Å². The lowest BCUT2D eigenvalue weighted by molar-refractivity contribution is -0.146. The molecule has 0 fully saturated rings. The van der Waals surface area contributed by atoms with Gasteiger partial charge < -0.3 is 14.2 Å². The van der Waals surface area contributed by atoms with Crippen molar-refractivity contribution in [3.05, 3.63) is 29.8 Å². The quantitative estimate of drug-likeness (QED) is 0.545. The van der Waals surface area contributed by atoms with Crippen molar-refractivity contribution in [1.29, 1.82) is 0 Å². The zero-order chi connectivity index (χ0) is 18.6. The Morgan fingerprint density at radius 1 is 1.08 bits per heavy atom. The van der Waals surface area contributed by atoms with Crippen molar-refractivity contribution in [3.8, 4) is 5.75 Å². The number of hydrogen-bond donors (Lipinski definition) is 0. The van der Waals surface area contributed by atoms with Gasteiger partial charge in [-0.1, -0.05) is 39.3 Å². The van der Waals surface area contributed by atoms with Crippen molar-refractivity contribution in [2.75, 3.05) is 13.2 Å². The average Bonchev–Trinajstić information content (AvgIpc) is 2.54. The van der Waals surface area contributed by atoms with E-state index in [0.717, 1.165) is 12.8 Å². The molecule has 0 bridgehead atoms. The Kier molecular flexibility index (Phi) is 10.5. The van der Waals surface area contributed by atoms with E-state index in [9.17, 15) is 9.59 Å². The smallest absolute Gasteiger partial charge is 0.344 e. The summed E-state index contributed by atoms with van der Waals surface area (Å²) in [6.45, 7) is 11.5. The molecule has 0 heterocycles. The van der Waals surface area contributed by atoms with Crippen molar-refractivity contribution in [2.24, 2.45) is 0 Å². The van der Waals surface area contributed by atoms with Gasteiger partial charge >= 0.3 is 11.9 Å². The lowest BCUT2D eigenvalue weighted by Crippen LogP contribution is -2.24. The van der Waals surface area contributed by atoms with Gasteiger partial charge in [-0.05, 0) is 39.3 Å². The minimum absolute atomic E-state index is 0.233. The fourth-order valence-corrected chi connectivity index (χ4v) is 1.60. The second-order valence-corrected chi connectivity index (χ2v) is 5.86. The van der Waals surface area contributed by atoms with Gasteiger partial charge in [-0.2, -0.15) is 0 Å². The topological polar surface area (TPSA) is 61.8 Å². The number of benzene rings is 1. The molecule has 1 rings (SSSR count). The number of esters is 2. The van der Waals surface area contributed by atoms with Crippen LogP contribution in [0.4, 0.5) is 0 Å². The van der Waals surface area contributed by atoms with Gasteiger partial charge in [-0.15, -0.1) is 0 Å². The molecule has 0 aliphatic carbocycles. The first-order valence-corrected chi connectivity index (χ1v) is 8.44. The van der Waals surface area contributed by atoms with Crippen LogP contribution in [0.15, 0.2) is 24.3 Å². The minimum atomic E-state index is -0.594. The summed E-state index contributed by atoms with van der Waals surface area (Å²) in [4.78, 5) is 23.7. The largest absolute Gasteiger partial charge is 0.481 e. The number of carbonyl (C=O) groups is 2. The van der Waals surface area contributed by atoms with E-state index >= 15 is 0 Å². The molecule has 1 aromatic rings. The van der Waals surface area contributed by atoms with Gasteiger partial charge in [0.25, 0.3) is 0 Å². The fourth-order valence-electron chi connectivity index (χ4n) is 1.60. The van der Waals surface area contributed by atoms with Gasteiger partial charge in [0.1, 0.15) is 16.9 Å². The Balaban J connectivity index is 0.00000254. The van der Waals surface area contributed by atoms with E-state index in [-0.39, 0.29) is 6.61 Å². The highest BCUT2D eigenvalue weighted by Crippen LogP contribution is 2.21. The van der Waals surface area contributed by atoms with Crippen LogP contribution in [0.25, 0.3) is 0 Å². The average molecular weight is 338 g/mol. The molecule has 0 spiro atoms. The molecule has 0 radical (unpaired) electrons. The van der Waals surface area contributed by atoms with Gasteiger partial charge in [0.05, 0.1) is 6.61 Å². The zero-order valence-corrected chi connectivity index (χ0v) is 15.7. The summed E-state index contributed by atoms with van der Waals surface area (Å²) in [7, 11) is 0. The van der Waals surface area contributed by atoms with Crippen LogP contribution >= 0.6 is 0 Å². The highest BCUT2D eigenvalue weighted by molar-refractivity contribution is 5.92. The van der Waals surface area contributed by atoms with Gasteiger partial charge in [-0.25, -0.2) is 9.59 Å². The Hall–Kier alpha value is -2.04. The highest BCUT2D eigenvalue weighted by atomic mass is 16.6. The molecular formula is C19H30O5. The predicted molar refractivity (Wildman–Crippen MR) is 94.3 cm³/mol. The van der Waals surface area contributed by atoms with Gasteiger partial charge in [0, 0.05) is 0 Å². The van der Waals surface area contributed by atoms with Crippen molar-refractivity contribution in [3.63, 3.8) is 0 Å². The van der Waals surface area contributed by atoms with Crippen LogP contribution in [-0.2, 0) is 14.3 Å². The maximum Gasteiger partial charge on any atom is 0.344 e. The number of carbonyl (C=O) groups excluding carboxylic acids is 2. The number of rotatable bonds is 7. The Morgan fingerprint density at radius 2 is 1.71 bits per heavy atom. The maximum absolute atomic E-state index is 12.1. The van der Waals surface area contributed by atoms with Gasteiger partial charge in [0.2, 0.25) is 0 Å². The van der Waals surface area contributed by atoms with Gasteiger partial charge in [-0.3, -0.25) is 0 Å². The molecule has 5 heteroatoms. The summed E-state index contributed by atoms with van der Waals surface area (Å²) < 4.78 is 15.7. The van der Waals surface area contributed by atoms with Crippen LogP contribution < -0.4 is 4.74 Å². The minimum Gasteiger partial charge on any atom is -0.481 e. The molecule has 0 saturated carbocycles.